The van der Waals surface area contributed by atoms with E-state index >= 15 is 0 Å². The molecule has 1 N–H and O–H groups in total. The Balaban J connectivity index is 1.40. The summed E-state index contributed by atoms with van der Waals surface area (Å²) in [6.45, 7) is 2.32. The highest BCUT2D eigenvalue weighted by molar-refractivity contribution is 7.90. The van der Waals surface area contributed by atoms with Crippen LogP contribution in [0.15, 0.2) is 54.6 Å². The molecule has 0 fully saturated rings. The van der Waals surface area contributed by atoms with Gasteiger partial charge in [0.2, 0.25) is 5.88 Å². The topological polar surface area (TPSA) is 94.6 Å². The predicted octanol–water partition coefficient (Wildman–Crippen LogP) is 6.17. The Morgan fingerprint density at radius 2 is 1.94 bits per heavy atom. The van der Waals surface area contributed by atoms with Gasteiger partial charge in [-0.05, 0) is 48.7 Å². The molecule has 1 aliphatic rings. The van der Waals surface area contributed by atoms with Crippen LogP contribution in [0.3, 0.4) is 0 Å². The molecule has 0 saturated heterocycles. The van der Waals surface area contributed by atoms with Crippen molar-refractivity contribution in [2.24, 2.45) is 0 Å². The third kappa shape index (κ3) is 5.12. The third-order valence-electron chi connectivity index (χ3n) is 5.65. The van der Waals surface area contributed by atoms with Crippen molar-refractivity contribution < 1.29 is 22.7 Å². The van der Waals surface area contributed by atoms with Crippen molar-refractivity contribution in [2.75, 3.05) is 18.2 Å². The van der Waals surface area contributed by atoms with Gasteiger partial charge in [-0.15, -0.1) is 11.3 Å². The Hall–Kier alpha value is -3.14. The molecule has 1 atom stereocenters. The molecular weight excluding hydrogens is 508 g/mol. The fourth-order valence-electron chi connectivity index (χ4n) is 3.97. The van der Waals surface area contributed by atoms with E-state index in [4.69, 9.17) is 21.1 Å². The van der Waals surface area contributed by atoms with E-state index in [1.165, 1.54) is 23.7 Å². The van der Waals surface area contributed by atoms with E-state index in [-0.39, 0.29) is 16.9 Å². The SMILES string of the molecule is Cc1ccc(Oc2cc(NC(=O)c3cc4cc5c(cc4s3)OCCC5S(C)(=O)=O)cc(Cl)n2)cc1. The number of thiophene rings is 1. The summed E-state index contributed by atoms with van der Waals surface area (Å²) >= 11 is 7.45. The van der Waals surface area contributed by atoms with E-state index in [0.29, 0.717) is 40.7 Å². The number of fused-ring (bicyclic) bond motifs is 2. The van der Waals surface area contributed by atoms with Crippen molar-refractivity contribution in [3.05, 3.63) is 75.8 Å². The van der Waals surface area contributed by atoms with Gasteiger partial charge in [-0.2, -0.15) is 0 Å². The van der Waals surface area contributed by atoms with Crippen LogP contribution in [0.2, 0.25) is 5.15 Å². The first-order valence-electron chi connectivity index (χ1n) is 10.8. The number of ether oxygens (including phenoxy) is 2. The Labute approximate surface area is 211 Å². The number of halogens is 1. The Morgan fingerprint density at radius 1 is 1.17 bits per heavy atom. The molecule has 0 aliphatic carbocycles. The Bertz CT molecular complexity index is 1550. The molecule has 1 unspecified atom stereocenters. The monoisotopic (exact) mass is 528 g/mol. The summed E-state index contributed by atoms with van der Waals surface area (Å²) in [4.78, 5) is 17.6. The number of benzene rings is 2. The van der Waals surface area contributed by atoms with Gasteiger partial charge in [-0.25, -0.2) is 13.4 Å². The van der Waals surface area contributed by atoms with E-state index < -0.39 is 15.1 Å². The van der Waals surface area contributed by atoms with Gasteiger partial charge in [0.25, 0.3) is 5.91 Å². The number of carbonyl (C=O) groups is 1. The minimum absolute atomic E-state index is 0.179. The predicted molar refractivity (Wildman–Crippen MR) is 138 cm³/mol. The lowest BCUT2D eigenvalue weighted by Crippen LogP contribution is -2.20. The minimum Gasteiger partial charge on any atom is -0.493 e. The summed E-state index contributed by atoms with van der Waals surface area (Å²) in [5.41, 5.74) is 2.18. The number of anilines is 1. The quantitative estimate of drug-likeness (QED) is 0.311. The molecule has 0 spiro atoms. The molecule has 35 heavy (non-hydrogen) atoms. The van der Waals surface area contributed by atoms with Gasteiger partial charge < -0.3 is 14.8 Å². The standard InChI is InChI=1S/C25H21ClN2O5S2/c1-14-3-5-17(6-4-14)33-24-12-16(11-23(26)28-24)27-25(29)21-10-15-9-18-19(13-20(15)34-21)32-8-7-22(18)35(2,30)31/h3-6,9-13,22H,7-8H2,1-2H3,(H,27,28,29). The first kappa shape index (κ1) is 23.6. The molecule has 180 valence electrons. The van der Waals surface area contributed by atoms with Crippen LogP contribution < -0.4 is 14.8 Å². The van der Waals surface area contributed by atoms with Gasteiger partial charge in [0.05, 0.1) is 16.7 Å². The fourth-order valence-corrected chi connectivity index (χ4v) is 6.31. The van der Waals surface area contributed by atoms with E-state index in [2.05, 4.69) is 10.3 Å². The molecule has 0 saturated carbocycles. The maximum atomic E-state index is 13.0. The molecule has 1 aliphatic heterocycles. The largest absolute Gasteiger partial charge is 0.493 e. The van der Waals surface area contributed by atoms with Crippen molar-refractivity contribution in [3.8, 4) is 17.4 Å². The number of carbonyl (C=O) groups excluding carboxylic acids is 1. The van der Waals surface area contributed by atoms with Gasteiger partial charge >= 0.3 is 0 Å². The van der Waals surface area contributed by atoms with Gasteiger partial charge in [0.1, 0.15) is 16.7 Å². The van der Waals surface area contributed by atoms with Crippen molar-refractivity contribution in [1.29, 1.82) is 0 Å². The first-order chi connectivity index (χ1) is 16.7. The highest BCUT2D eigenvalue weighted by Gasteiger charge is 2.30. The van der Waals surface area contributed by atoms with Crippen LogP contribution in [0.1, 0.15) is 32.5 Å². The van der Waals surface area contributed by atoms with Crippen molar-refractivity contribution in [2.45, 2.75) is 18.6 Å². The van der Waals surface area contributed by atoms with Gasteiger partial charge in [0, 0.05) is 34.7 Å². The zero-order valence-corrected chi connectivity index (χ0v) is 21.3. The minimum atomic E-state index is -3.28. The van der Waals surface area contributed by atoms with Crippen molar-refractivity contribution in [1.82, 2.24) is 4.98 Å². The molecule has 0 bridgehead atoms. The maximum Gasteiger partial charge on any atom is 0.265 e. The lowest BCUT2D eigenvalue weighted by molar-refractivity contribution is 0.103. The van der Waals surface area contributed by atoms with Gasteiger partial charge in [-0.1, -0.05) is 29.3 Å². The number of aromatic nitrogens is 1. The molecule has 2 aromatic carbocycles. The maximum absolute atomic E-state index is 13.0. The molecule has 7 nitrogen and oxygen atoms in total. The van der Waals surface area contributed by atoms with Crippen LogP contribution in [0.4, 0.5) is 5.69 Å². The van der Waals surface area contributed by atoms with Crippen LogP contribution in [-0.4, -0.2) is 32.2 Å². The summed E-state index contributed by atoms with van der Waals surface area (Å²) in [6, 6.07) is 16.0. The lowest BCUT2D eigenvalue weighted by atomic mass is 10.0. The average molecular weight is 529 g/mol. The number of hydrogen-bond acceptors (Lipinski definition) is 7. The normalized spacial score (nSPS) is 15.3. The summed E-state index contributed by atoms with van der Waals surface area (Å²) in [6.07, 6.45) is 1.64. The second-order valence-corrected chi connectivity index (χ2v) is 12.1. The molecule has 0 radical (unpaired) electrons. The molecule has 2 aromatic heterocycles. The fraction of sp³-hybridized carbons (Fsp3) is 0.200. The van der Waals surface area contributed by atoms with Crippen LogP contribution >= 0.6 is 22.9 Å². The number of amides is 1. The summed E-state index contributed by atoms with van der Waals surface area (Å²) < 4.78 is 36.8. The number of aryl methyl sites for hydroxylation is 1. The number of nitrogens with zero attached hydrogens (tertiary/aromatic N) is 1. The summed E-state index contributed by atoms with van der Waals surface area (Å²) in [5.74, 6) is 1.08. The molecule has 3 heterocycles. The van der Waals surface area contributed by atoms with Crippen LogP contribution in [-0.2, 0) is 9.84 Å². The van der Waals surface area contributed by atoms with Crippen LogP contribution in [0.5, 0.6) is 17.4 Å². The number of pyridine rings is 1. The van der Waals surface area contributed by atoms with Crippen LogP contribution in [0, 0.1) is 6.92 Å². The van der Waals surface area contributed by atoms with Gasteiger partial charge in [-0.3, -0.25) is 4.79 Å². The van der Waals surface area contributed by atoms with Gasteiger partial charge in [0.15, 0.2) is 9.84 Å². The van der Waals surface area contributed by atoms with E-state index in [1.54, 1.807) is 24.3 Å². The Kier molecular flexibility index (Phi) is 6.16. The lowest BCUT2D eigenvalue weighted by Gasteiger charge is -2.24. The average Bonchev–Trinajstić information content (AvgIpc) is 3.21. The highest BCUT2D eigenvalue weighted by atomic mass is 35.5. The smallest absolute Gasteiger partial charge is 0.265 e. The van der Waals surface area contributed by atoms with Crippen molar-refractivity contribution in [3.63, 3.8) is 0 Å². The molecule has 4 aromatic rings. The molecule has 5 rings (SSSR count). The van der Waals surface area contributed by atoms with Crippen LogP contribution in [0.25, 0.3) is 10.1 Å². The number of sulfone groups is 1. The third-order valence-corrected chi connectivity index (χ3v) is 8.46. The molecular formula is C25H21ClN2O5S2. The van der Waals surface area contributed by atoms with E-state index in [1.807, 2.05) is 31.2 Å². The first-order valence-corrected chi connectivity index (χ1v) is 13.9. The number of nitrogens with one attached hydrogen (secondary N) is 1. The Morgan fingerprint density at radius 3 is 2.69 bits per heavy atom. The zero-order chi connectivity index (χ0) is 24.7. The van der Waals surface area contributed by atoms with E-state index in [9.17, 15) is 13.2 Å². The highest BCUT2D eigenvalue weighted by Crippen LogP contribution is 2.41. The second kappa shape index (κ2) is 9.14. The zero-order valence-electron chi connectivity index (χ0n) is 18.9. The summed E-state index contributed by atoms with van der Waals surface area (Å²) in [7, 11) is -3.28. The van der Waals surface area contributed by atoms with Crippen molar-refractivity contribution >= 4 is 54.5 Å². The molecule has 10 heteroatoms. The van der Waals surface area contributed by atoms with E-state index in [0.717, 1.165) is 15.6 Å². The second-order valence-electron chi connectivity index (χ2n) is 8.38. The number of rotatable bonds is 5. The molecule has 1 amide bonds. The summed E-state index contributed by atoms with van der Waals surface area (Å²) in [5, 5.41) is 3.19. The number of hydrogen-bond donors (Lipinski definition) is 1.